The summed E-state index contributed by atoms with van der Waals surface area (Å²) in [5.74, 6) is -0.614. The smallest absolute Gasteiger partial charge is 0.251 e. The van der Waals surface area contributed by atoms with Crippen molar-refractivity contribution in [1.29, 1.82) is 0 Å². The average Bonchev–Trinajstić information content (AvgIpc) is 2.09. The molecule has 4 heteroatoms. The highest BCUT2D eigenvalue weighted by Gasteiger charge is 2.19. The van der Waals surface area contributed by atoms with Gasteiger partial charge in [0.1, 0.15) is 5.75 Å². The monoisotopic (exact) mass is 181 g/mol. The number of ether oxygens (including phenoxy) is 1. The van der Waals surface area contributed by atoms with Gasteiger partial charge in [-0.1, -0.05) is 18.2 Å². The Hall–Kier alpha value is -1.55. The molecule has 0 aliphatic rings. The highest BCUT2D eigenvalue weighted by molar-refractivity contribution is 5.81. The molecule has 0 saturated carbocycles. The van der Waals surface area contributed by atoms with Crippen molar-refractivity contribution < 1.29 is 14.6 Å². The lowest BCUT2D eigenvalue weighted by Gasteiger charge is -2.12. The summed E-state index contributed by atoms with van der Waals surface area (Å²) in [7, 11) is 1.36. The predicted octanol–water partition coefficient (Wildman–Crippen LogP) is 0.565. The van der Waals surface area contributed by atoms with Crippen molar-refractivity contribution in [2.24, 2.45) is 5.73 Å². The third-order valence-electron chi connectivity index (χ3n) is 1.71. The van der Waals surface area contributed by atoms with E-state index in [1.807, 2.05) is 0 Å². The number of benzene rings is 1. The molecule has 1 atom stereocenters. The van der Waals surface area contributed by atoms with E-state index < -0.39 is 12.0 Å². The van der Waals surface area contributed by atoms with Crippen LogP contribution in [0.25, 0.3) is 0 Å². The second-order valence-electron chi connectivity index (χ2n) is 2.58. The fourth-order valence-electron chi connectivity index (χ4n) is 1.11. The first-order valence-electron chi connectivity index (χ1n) is 3.77. The van der Waals surface area contributed by atoms with Crippen LogP contribution in [-0.4, -0.2) is 18.1 Å². The van der Waals surface area contributed by atoms with Crippen molar-refractivity contribution in [2.75, 3.05) is 7.11 Å². The first kappa shape index (κ1) is 9.54. The van der Waals surface area contributed by atoms with Crippen LogP contribution in [0.4, 0.5) is 0 Å². The maximum atomic E-state index is 10.9. The molecule has 0 aliphatic heterocycles. The van der Waals surface area contributed by atoms with E-state index in [2.05, 4.69) is 0 Å². The Kier molecular flexibility index (Phi) is 2.87. The molecule has 0 radical (unpaired) electrons. The van der Waals surface area contributed by atoms with Gasteiger partial charge in [-0.2, -0.15) is 0 Å². The fourth-order valence-corrected chi connectivity index (χ4v) is 1.11. The van der Waals surface area contributed by atoms with E-state index in [0.717, 1.165) is 0 Å². The number of hydrogen-bond donors (Lipinski definition) is 2. The zero-order chi connectivity index (χ0) is 9.84. The van der Waals surface area contributed by atoms with Crippen molar-refractivity contribution in [3.05, 3.63) is 29.8 Å². The van der Waals surface area contributed by atoms with E-state index in [0.29, 0.717) is 5.56 Å². The van der Waals surface area contributed by atoms with E-state index in [4.69, 9.17) is 10.5 Å². The maximum absolute atomic E-state index is 10.9. The van der Waals surface area contributed by atoms with Gasteiger partial charge in [0.25, 0.3) is 5.91 Å². The minimum Gasteiger partial charge on any atom is -0.508 e. The molecule has 1 rings (SSSR count). The Balaban J connectivity index is 3.04. The molecule has 0 bridgehead atoms. The topological polar surface area (TPSA) is 72.5 Å². The van der Waals surface area contributed by atoms with Gasteiger partial charge in [-0.25, -0.2) is 0 Å². The Morgan fingerprint density at radius 2 is 2.15 bits per heavy atom. The van der Waals surface area contributed by atoms with Gasteiger partial charge in [0.15, 0.2) is 6.10 Å². The van der Waals surface area contributed by atoms with Crippen LogP contribution < -0.4 is 5.73 Å². The standard InChI is InChI=1S/C9H11NO3/c1-13-8(9(10)12)6-4-2-3-5-7(6)11/h2-5,8,11H,1H3,(H2,10,12). The lowest BCUT2D eigenvalue weighted by Crippen LogP contribution is -2.22. The van der Waals surface area contributed by atoms with Crippen molar-refractivity contribution >= 4 is 5.91 Å². The number of primary amides is 1. The molecule has 4 nitrogen and oxygen atoms in total. The zero-order valence-corrected chi connectivity index (χ0v) is 7.23. The maximum Gasteiger partial charge on any atom is 0.251 e. The van der Waals surface area contributed by atoms with Crippen molar-refractivity contribution in [3.63, 3.8) is 0 Å². The molecule has 1 unspecified atom stereocenters. The Bertz CT molecular complexity index is 311. The summed E-state index contributed by atoms with van der Waals surface area (Å²) >= 11 is 0. The lowest BCUT2D eigenvalue weighted by molar-refractivity contribution is -0.128. The molecule has 1 aromatic rings. The third-order valence-corrected chi connectivity index (χ3v) is 1.71. The zero-order valence-electron chi connectivity index (χ0n) is 7.23. The van der Waals surface area contributed by atoms with Crippen LogP contribution in [0.15, 0.2) is 24.3 Å². The number of amides is 1. The van der Waals surface area contributed by atoms with Crippen LogP contribution in [0.5, 0.6) is 5.75 Å². The number of nitrogens with two attached hydrogens (primary N) is 1. The summed E-state index contributed by atoms with van der Waals surface area (Å²) in [5.41, 5.74) is 5.46. The van der Waals surface area contributed by atoms with E-state index in [1.165, 1.54) is 13.2 Å². The summed E-state index contributed by atoms with van der Waals surface area (Å²) in [6.45, 7) is 0. The quantitative estimate of drug-likeness (QED) is 0.715. The molecular weight excluding hydrogens is 170 g/mol. The molecule has 70 valence electrons. The highest BCUT2D eigenvalue weighted by Crippen LogP contribution is 2.25. The highest BCUT2D eigenvalue weighted by atomic mass is 16.5. The van der Waals surface area contributed by atoms with Gasteiger partial charge in [-0.15, -0.1) is 0 Å². The van der Waals surface area contributed by atoms with Gasteiger partial charge in [-0.05, 0) is 6.07 Å². The predicted molar refractivity (Wildman–Crippen MR) is 47.1 cm³/mol. The Morgan fingerprint density at radius 1 is 1.54 bits per heavy atom. The lowest BCUT2D eigenvalue weighted by atomic mass is 10.1. The summed E-state index contributed by atoms with van der Waals surface area (Å²) in [6, 6.07) is 6.43. The second-order valence-corrected chi connectivity index (χ2v) is 2.58. The first-order chi connectivity index (χ1) is 6.16. The molecule has 0 fully saturated rings. The number of phenolic OH excluding ortho intramolecular Hbond substituents is 1. The molecule has 0 saturated heterocycles. The Labute approximate surface area is 75.9 Å². The van der Waals surface area contributed by atoms with Gasteiger partial charge >= 0.3 is 0 Å². The number of aromatic hydroxyl groups is 1. The van der Waals surface area contributed by atoms with E-state index in [1.54, 1.807) is 18.2 Å². The molecule has 0 aromatic heterocycles. The number of phenols is 1. The van der Waals surface area contributed by atoms with Gasteiger partial charge < -0.3 is 15.6 Å². The number of methoxy groups -OCH3 is 1. The number of carbonyl (C=O) groups excluding carboxylic acids is 1. The van der Waals surface area contributed by atoms with Crippen LogP contribution >= 0.6 is 0 Å². The van der Waals surface area contributed by atoms with Gasteiger partial charge in [0.2, 0.25) is 0 Å². The van der Waals surface area contributed by atoms with Crippen molar-refractivity contribution in [3.8, 4) is 5.75 Å². The molecule has 0 spiro atoms. The largest absolute Gasteiger partial charge is 0.508 e. The molecule has 1 amide bonds. The number of para-hydroxylation sites is 1. The molecule has 13 heavy (non-hydrogen) atoms. The van der Waals surface area contributed by atoms with Crippen LogP contribution in [0, 0.1) is 0 Å². The minimum absolute atomic E-state index is 0.00755. The summed E-state index contributed by atoms with van der Waals surface area (Å²) < 4.78 is 4.84. The molecule has 3 N–H and O–H groups in total. The summed E-state index contributed by atoms with van der Waals surface area (Å²) in [5, 5.41) is 9.37. The van der Waals surface area contributed by atoms with Crippen molar-refractivity contribution in [2.45, 2.75) is 6.10 Å². The third kappa shape index (κ3) is 1.97. The molecule has 1 aromatic carbocycles. The average molecular weight is 181 g/mol. The van der Waals surface area contributed by atoms with E-state index in [-0.39, 0.29) is 5.75 Å². The molecular formula is C9H11NO3. The van der Waals surface area contributed by atoms with Crippen LogP contribution in [0.2, 0.25) is 0 Å². The van der Waals surface area contributed by atoms with E-state index in [9.17, 15) is 9.90 Å². The Morgan fingerprint density at radius 3 is 2.62 bits per heavy atom. The number of carbonyl (C=O) groups is 1. The van der Waals surface area contributed by atoms with Crippen LogP contribution in [0.3, 0.4) is 0 Å². The van der Waals surface area contributed by atoms with Gasteiger partial charge in [0, 0.05) is 12.7 Å². The summed E-state index contributed by atoms with van der Waals surface area (Å²) in [6.07, 6.45) is -0.888. The molecule has 0 heterocycles. The second kappa shape index (κ2) is 3.91. The number of hydrogen-bond acceptors (Lipinski definition) is 3. The minimum atomic E-state index is -0.888. The molecule has 0 aliphatic carbocycles. The SMILES string of the molecule is COC(C(N)=O)c1ccccc1O. The number of rotatable bonds is 3. The fraction of sp³-hybridized carbons (Fsp3) is 0.222. The van der Waals surface area contributed by atoms with Crippen LogP contribution in [0.1, 0.15) is 11.7 Å². The van der Waals surface area contributed by atoms with Gasteiger partial charge in [-0.3, -0.25) is 4.79 Å². The van der Waals surface area contributed by atoms with Crippen molar-refractivity contribution in [1.82, 2.24) is 0 Å². The van der Waals surface area contributed by atoms with Crippen LogP contribution in [-0.2, 0) is 9.53 Å². The van der Waals surface area contributed by atoms with Gasteiger partial charge in [0.05, 0.1) is 0 Å². The first-order valence-corrected chi connectivity index (χ1v) is 3.77. The summed E-state index contributed by atoms with van der Waals surface area (Å²) in [4.78, 5) is 10.9. The van der Waals surface area contributed by atoms with E-state index >= 15 is 0 Å². The normalized spacial score (nSPS) is 12.4.